The monoisotopic (exact) mass is 757 g/mol. The van der Waals surface area contributed by atoms with Crippen LogP contribution in [-0.4, -0.2) is 5.92 Å². The van der Waals surface area contributed by atoms with Crippen LogP contribution in [0.3, 0.4) is 0 Å². The number of fused-ring (bicyclic) bond motifs is 4. The summed E-state index contributed by atoms with van der Waals surface area (Å²) in [5.41, 5.74) is 15.7. The summed E-state index contributed by atoms with van der Waals surface area (Å²) in [6.45, 7) is 13.9. The van der Waals surface area contributed by atoms with Gasteiger partial charge in [0.15, 0.2) is 0 Å². The second-order valence-corrected chi connectivity index (χ2v) is 57.1. The van der Waals surface area contributed by atoms with Crippen LogP contribution in [0.5, 0.6) is 0 Å². The zero-order valence-corrected chi connectivity index (χ0v) is 33.7. The van der Waals surface area contributed by atoms with Crippen LogP contribution in [0.4, 0.5) is 0 Å². The quantitative estimate of drug-likeness (QED) is 0.154. The molecule has 0 heterocycles. The molecule has 0 N–H and O–H groups in total. The molecule has 0 amide bonds. The molecule has 2 atom stereocenters. The molecule has 0 aliphatic heterocycles. The van der Waals surface area contributed by atoms with Crippen molar-refractivity contribution in [2.75, 3.05) is 0 Å². The van der Waals surface area contributed by atoms with Crippen molar-refractivity contribution in [3.63, 3.8) is 0 Å². The van der Waals surface area contributed by atoms with E-state index in [-0.39, 0.29) is 7.25 Å². The van der Waals surface area contributed by atoms with Crippen molar-refractivity contribution in [3.05, 3.63) is 154 Å². The van der Waals surface area contributed by atoms with Crippen LogP contribution in [0, 0.1) is 13.8 Å². The first kappa shape index (κ1) is 32.2. The number of hydrogen-bond acceptors (Lipinski definition) is 0. The van der Waals surface area contributed by atoms with Crippen LogP contribution in [0.15, 0.2) is 120 Å². The van der Waals surface area contributed by atoms with Crippen LogP contribution < -0.4 is 0 Å². The predicted molar refractivity (Wildman–Crippen MR) is 212 cm³/mol. The van der Waals surface area contributed by atoms with Gasteiger partial charge in [0.05, 0.1) is 0 Å². The van der Waals surface area contributed by atoms with Gasteiger partial charge in [0.2, 0.25) is 0 Å². The van der Waals surface area contributed by atoms with Crippen LogP contribution in [0.1, 0.15) is 54.5 Å². The van der Waals surface area contributed by atoms with Gasteiger partial charge in [0, 0.05) is 0 Å². The van der Waals surface area contributed by atoms with Crippen molar-refractivity contribution in [3.8, 4) is 22.3 Å². The summed E-state index contributed by atoms with van der Waals surface area (Å²) in [4.78, 5) is 0. The maximum atomic E-state index is 8.59. The molecule has 6 aromatic carbocycles. The fourth-order valence-electron chi connectivity index (χ4n) is 9.31. The molecule has 0 radical (unpaired) electrons. The number of allylic oxidation sites excluding steroid dienone is 2. The number of halogens is 2. The van der Waals surface area contributed by atoms with Crippen molar-refractivity contribution in [2.24, 2.45) is 0 Å². The van der Waals surface area contributed by atoms with Crippen LogP contribution >= 0.6 is 17.0 Å². The average molecular weight is 760 g/mol. The van der Waals surface area contributed by atoms with E-state index in [0.717, 1.165) is 0 Å². The Bertz CT molecular complexity index is 2220. The molecule has 8 rings (SSSR count). The normalized spacial score (nSPS) is 18.1. The molecule has 0 nitrogen and oxygen atoms in total. The third-order valence-electron chi connectivity index (χ3n) is 11.6. The first-order valence-electron chi connectivity index (χ1n) is 17.2. The molecule has 239 valence electrons. The molecular formula is C44H41Cl2SiZr. The summed E-state index contributed by atoms with van der Waals surface area (Å²) in [5, 5.41) is 5.11. The second kappa shape index (κ2) is 11.5. The van der Waals surface area contributed by atoms with E-state index in [4.69, 9.17) is 17.0 Å². The zero-order chi connectivity index (χ0) is 33.6. The van der Waals surface area contributed by atoms with Gasteiger partial charge in [-0.25, -0.2) is 0 Å². The average Bonchev–Trinajstić information content (AvgIpc) is 3.61. The Labute approximate surface area is 293 Å². The van der Waals surface area contributed by atoms with Gasteiger partial charge in [0.25, 0.3) is 0 Å². The molecule has 2 aliphatic carbocycles. The van der Waals surface area contributed by atoms with Gasteiger partial charge in [-0.1, -0.05) is 0 Å². The van der Waals surface area contributed by atoms with Crippen molar-refractivity contribution in [2.45, 2.75) is 48.0 Å². The molecule has 0 bridgehead atoms. The Morgan fingerprint density at radius 2 is 0.917 bits per heavy atom. The number of hydrogen-bond donors (Lipinski definition) is 0. The Hall–Kier alpha value is -3.00. The summed E-state index contributed by atoms with van der Waals surface area (Å²) >= 11 is -4.81. The standard InChI is InChI=1S/2C21H17.C2H7Si.2ClH.Zr/c2*1-14-12-17-7-5-9-19(20(17)13-14)21-15(2)10-11-16-6-3-4-8-18(16)21;1-3-2;;;/h2*3-13H,1-2H3;3H,1-2H3;2*1H;/q;;;;;+2/p-2. The Morgan fingerprint density at radius 1 is 0.500 bits per heavy atom. The van der Waals surface area contributed by atoms with Crippen molar-refractivity contribution >= 4 is 56.6 Å². The van der Waals surface area contributed by atoms with E-state index < -0.39 is 21.5 Å². The molecule has 4 heteroatoms. The third kappa shape index (κ3) is 4.56. The van der Waals surface area contributed by atoms with E-state index in [1.54, 1.807) is 0 Å². The molecular weight excluding hydrogens is 719 g/mol. The van der Waals surface area contributed by atoms with E-state index in [9.17, 15) is 0 Å². The Kier molecular flexibility index (Phi) is 7.74. The molecule has 0 saturated heterocycles. The van der Waals surface area contributed by atoms with E-state index in [0.29, 0.717) is 0 Å². The molecule has 0 saturated carbocycles. The van der Waals surface area contributed by atoms with E-state index >= 15 is 0 Å². The fraction of sp³-hybridized carbons (Fsp3) is 0.182. The first-order valence-corrected chi connectivity index (χ1v) is 33.5. The first-order chi connectivity index (χ1) is 23.0. The Morgan fingerprint density at radius 3 is 1.33 bits per heavy atom. The molecule has 48 heavy (non-hydrogen) atoms. The van der Waals surface area contributed by atoms with Gasteiger partial charge in [-0.3, -0.25) is 0 Å². The van der Waals surface area contributed by atoms with Crippen molar-refractivity contribution < 1.29 is 15.6 Å². The molecule has 2 unspecified atom stereocenters. The predicted octanol–water partition coefficient (Wildman–Crippen LogP) is 13.5. The SMILES string of the molecule is CC1=Cc2c(-c3c(C)ccc4ccccc34)cccc2[CH]1[Zr]([Cl])([Cl])([CH]1C(C)=Cc2c(-c3c(C)ccc4ccccc34)cccc21)[SiH](C)C. The molecule has 0 aromatic heterocycles. The second-order valence-electron chi connectivity index (χ2n) is 14.6. The number of benzene rings is 6. The molecule has 2 aliphatic rings. The molecule has 6 aromatic rings. The molecule has 0 fully saturated rings. The minimum atomic E-state index is -4.81. The van der Waals surface area contributed by atoms with Crippen molar-refractivity contribution in [1.82, 2.24) is 0 Å². The summed E-state index contributed by atoms with van der Waals surface area (Å²) in [5.74, 6) is -1.64. The van der Waals surface area contributed by atoms with E-state index in [2.05, 4.69) is 162 Å². The maximum absolute atomic E-state index is 8.59. The minimum absolute atomic E-state index is 0.0638. The molecule has 0 spiro atoms. The summed E-state index contributed by atoms with van der Waals surface area (Å²) in [6.07, 6.45) is 4.85. The van der Waals surface area contributed by atoms with Crippen molar-refractivity contribution in [1.29, 1.82) is 0 Å². The third-order valence-corrected chi connectivity index (χ3v) is 63.8. The van der Waals surface area contributed by atoms with Gasteiger partial charge >= 0.3 is 296 Å². The van der Waals surface area contributed by atoms with E-state index in [1.165, 1.54) is 88.3 Å². The summed E-state index contributed by atoms with van der Waals surface area (Å²) < 4.78 is 0.128. The summed E-state index contributed by atoms with van der Waals surface area (Å²) in [6, 6.07) is 40.2. The van der Waals surface area contributed by atoms with E-state index in [1.807, 2.05) is 0 Å². The topological polar surface area (TPSA) is 0 Å². The number of aryl methyl sites for hydroxylation is 2. The zero-order valence-electron chi connectivity index (χ0n) is 28.5. The van der Waals surface area contributed by atoms with Crippen LogP contribution in [-0.2, 0) is 15.6 Å². The summed E-state index contributed by atoms with van der Waals surface area (Å²) in [7, 11) is 17.2. The Balaban J connectivity index is 1.34. The van der Waals surface area contributed by atoms with Gasteiger partial charge in [-0.2, -0.15) is 0 Å². The van der Waals surface area contributed by atoms with Gasteiger partial charge in [-0.05, 0) is 0 Å². The number of rotatable bonds is 5. The van der Waals surface area contributed by atoms with Crippen LogP contribution in [0.25, 0.3) is 56.0 Å². The van der Waals surface area contributed by atoms with Gasteiger partial charge < -0.3 is 0 Å². The van der Waals surface area contributed by atoms with Gasteiger partial charge in [0.1, 0.15) is 0 Å². The van der Waals surface area contributed by atoms with Crippen LogP contribution in [0.2, 0.25) is 13.1 Å². The van der Waals surface area contributed by atoms with Gasteiger partial charge in [-0.15, -0.1) is 0 Å². The fourth-order valence-corrected chi connectivity index (χ4v) is 42.2.